The fourth-order valence-electron chi connectivity index (χ4n) is 2.48. The van der Waals surface area contributed by atoms with E-state index in [0.29, 0.717) is 6.54 Å². The van der Waals surface area contributed by atoms with Gasteiger partial charge in [0.2, 0.25) is 0 Å². The molecule has 0 aliphatic heterocycles. The highest BCUT2D eigenvalue weighted by molar-refractivity contribution is 5.95. The minimum atomic E-state index is 0.127. The van der Waals surface area contributed by atoms with Crippen molar-refractivity contribution < 1.29 is 4.79 Å². The molecule has 0 fully saturated rings. The van der Waals surface area contributed by atoms with Crippen molar-refractivity contribution >= 4 is 5.91 Å². The van der Waals surface area contributed by atoms with E-state index in [1.165, 1.54) is 5.56 Å². The summed E-state index contributed by atoms with van der Waals surface area (Å²) in [4.78, 5) is 14.8. The number of aryl methyl sites for hydroxylation is 1. The lowest BCUT2D eigenvalue weighted by Crippen LogP contribution is -2.31. The Hall–Kier alpha value is -2.09. The van der Waals surface area contributed by atoms with Crippen LogP contribution in [0.4, 0.5) is 0 Å². The molecule has 0 N–H and O–H groups in total. The minimum Gasteiger partial charge on any atom is -0.334 e. The molecule has 0 saturated heterocycles. The molecule has 2 nitrogen and oxygen atoms in total. The first-order valence-electron chi connectivity index (χ1n) is 7.53. The van der Waals surface area contributed by atoms with E-state index >= 15 is 0 Å². The average molecular weight is 281 g/mol. The van der Waals surface area contributed by atoms with Crippen LogP contribution >= 0.6 is 0 Å². The number of amides is 1. The van der Waals surface area contributed by atoms with Gasteiger partial charge < -0.3 is 4.90 Å². The predicted molar refractivity (Wildman–Crippen MR) is 87.4 cm³/mol. The van der Waals surface area contributed by atoms with Gasteiger partial charge in [0.15, 0.2) is 0 Å². The molecule has 2 heteroatoms. The Balaban J connectivity index is 2.25. The molecule has 0 unspecified atom stereocenters. The molecule has 0 saturated carbocycles. The van der Waals surface area contributed by atoms with Gasteiger partial charge in [0.25, 0.3) is 5.91 Å². The molecule has 0 aliphatic rings. The number of carbonyl (C=O) groups is 1. The van der Waals surface area contributed by atoms with Crippen LogP contribution in [0.3, 0.4) is 0 Å². The Morgan fingerprint density at radius 1 is 1.00 bits per heavy atom. The van der Waals surface area contributed by atoms with Crippen molar-refractivity contribution in [2.45, 2.75) is 33.7 Å². The van der Waals surface area contributed by atoms with Crippen LogP contribution in [-0.2, 0) is 6.54 Å². The lowest BCUT2D eigenvalue weighted by Gasteiger charge is -2.23. The van der Waals surface area contributed by atoms with Crippen molar-refractivity contribution in [3.63, 3.8) is 0 Å². The van der Waals surface area contributed by atoms with E-state index in [9.17, 15) is 4.79 Å². The quantitative estimate of drug-likeness (QED) is 0.797. The summed E-state index contributed by atoms with van der Waals surface area (Å²) in [7, 11) is 0. The molecule has 2 aromatic carbocycles. The Morgan fingerprint density at radius 3 is 2.38 bits per heavy atom. The second kappa shape index (κ2) is 7.07. The SMILES string of the molecule is CCCN(Cc1ccccc1)C(=O)c1cccc(C)c1C. The highest BCUT2D eigenvalue weighted by Gasteiger charge is 2.17. The van der Waals surface area contributed by atoms with Gasteiger partial charge in [-0.25, -0.2) is 0 Å². The maximum absolute atomic E-state index is 12.8. The number of nitrogens with zero attached hydrogens (tertiary/aromatic N) is 1. The zero-order valence-corrected chi connectivity index (χ0v) is 13.1. The van der Waals surface area contributed by atoms with Crippen molar-refractivity contribution in [3.8, 4) is 0 Å². The third-order valence-electron chi connectivity index (χ3n) is 3.83. The lowest BCUT2D eigenvalue weighted by molar-refractivity contribution is 0.0742. The van der Waals surface area contributed by atoms with Crippen molar-refractivity contribution in [1.29, 1.82) is 0 Å². The van der Waals surface area contributed by atoms with E-state index in [-0.39, 0.29) is 5.91 Å². The summed E-state index contributed by atoms with van der Waals surface area (Å²) in [6.45, 7) is 7.62. The third kappa shape index (κ3) is 3.72. The molecule has 0 radical (unpaired) electrons. The Bertz CT molecular complexity index is 604. The lowest BCUT2D eigenvalue weighted by atomic mass is 10.0. The molecular weight excluding hydrogens is 258 g/mol. The molecule has 110 valence electrons. The van der Waals surface area contributed by atoms with Crippen molar-refractivity contribution in [2.24, 2.45) is 0 Å². The molecule has 21 heavy (non-hydrogen) atoms. The van der Waals surface area contributed by atoms with Crippen molar-refractivity contribution in [2.75, 3.05) is 6.54 Å². The average Bonchev–Trinajstić information content (AvgIpc) is 2.50. The number of rotatable bonds is 5. The fourth-order valence-corrected chi connectivity index (χ4v) is 2.48. The minimum absolute atomic E-state index is 0.127. The van der Waals surface area contributed by atoms with E-state index in [4.69, 9.17) is 0 Å². The van der Waals surface area contributed by atoms with Crippen LogP contribution in [0, 0.1) is 13.8 Å². The van der Waals surface area contributed by atoms with Crippen molar-refractivity contribution in [1.82, 2.24) is 4.90 Å². The standard InChI is InChI=1S/C19H23NO/c1-4-13-20(14-17-10-6-5-7-11-17)19(21)18-12-8-9-15(2)16(18)3/h5-12H,4,13-14H2,1-3H3. The van der Waals surface area contributed by atoms with Crippen LogP contribution in [0.5, 0.6) is 0 Å². The predicted octanol–water partition coefficient (Wildman–Crippen LogP) is 4.36. The zero-order chi connectivity index (χ0) is 15.2. The van der Waals surface area contributed by atoms with Gasteiger partial charge >= 0.3 is 0 Å². The summed E-state index contributed by atoms with van der Waals surface area (Å²) < 4.78 is 0. The van der Waals surface area contributed by atoms with Crippen LogP contribution in [0.25, 0.3) is 0 Å². The Kier molecular flexibility index (Phi) is 5.15. The number of hydrogen-bond acceptors (Lipinski definition) is 1. The largest absolute Gasteiger partial charge is 0.334 e. The molecule has 0 aliphatic carbocycles. The number of benzene rings is 2. The van der Waals surface area contributed by atoms with Gasteiger partial charge in [-0.15, -0.1) is 0 Å². The highest BCUT2D eigenvalue weighted by Crippen LogP contribution is 2.17. The number of carbonyl (C=O) groups excluding carboxylic acids is 1. The zero-order valence-electron chi connectivity index (χ0n) is 13.1. The van der Waals surface area contributed by atoms with E-state index in [0.717, 1.165) is 29.7 Å². The van der Waals surface area contributed by atoms with Gasteiger partial charge in [0.05, 0.1) is 0 Å². The second-order valence-electron chi connectivity index (χ2n) is 5.46. The maximum Gasteiger partial charge on any atom is 0.254 e. The smallest absolute Gasteiger partial charge is 0.254 e. The van der Waals surface area contributed by atoms with Gasteiger partial charge in [0, 0.05) is 18.7 Å². The van der Waals surface area contributed by atoms with Crippen LogP contribution in [0.2, 0.25) is 0 Å². The van der Waals surface area contributed by atoms with Gasteiger partial charge in [0.1, 0.15) is 0 Å². The summed E-state index contributed by atoms with van der Waals surface area (Å²) in [5, 5.41) is 0. The molecule has 0 spiro atoms. The summed E-state index contributed by atoms with van der Waals surface area (Å²) in [5.41, 5.74) is 4.23. The van der Waals surface area contributed by atoms with E-state index < -0.39 is 0 Å². The number of hydrogen-bond donors (Lipinski definition) is 0. The van der Waals surface area contributed by atoms with Gasteiger partial charge in [-0.1, -0.05) is 49.4 Å². The summed E-state index contributed by atoms with van der Waals surface area (Å²) in [6.07, 6.45) is 0.962. The molecule has 2 aromatic rings. The molecule has 0 aromatic heterocycles. The molecule has 2 rings (SSSR count). The molecule has 0 atom stereocenters. The molecule has 1 amide bonds. The van der Waals surface area contributed by atoms with Crippen LogP contribution in [0.15, 0.2) is 48.5 Å². The summed E-state index contributed by atoms with van der Waals surface area (Å²) >= 11 is 0. The molecular formula is C19H23NO. The van der Waals surface area contributed by atoms with Crippen LogP contribution in [-0.4, -0.2) is 17.4 Å². The molecule has 0 bridgehead atoms. The first-order valence-corrected chi connectivity index (χ1v) is 7.53. The van der Waals surface area contributed by atoms with Crippen LogP contribution < -0.4 is 0 Å². The van der Waals surface area contributed by atoms with Crippen LogP contribution in [0.1, 0.15) is 40.4 Å². The molecule has 0 heterocycles. The Labute approximate surface area is 127 Å². The summed E-state index contributed by atoms with van der Waals surface area (Å²) in [5.74, 6) is 0.127. The van der Waals surface area contributed by atoms with E-state index in [1.807, 2.05) is 55.1 Å². The van der Waals surface area contributed by atoms with Crippen molar-refractivity contribution in [3.05, 3.63) is 70.8 Å². The van der Waals surface area contributed by atoms with Gasteiger partial charge in [-0.2, -0.15) is 0 Å². The first-order chi connectivity index (χ1) is 10.1. The first kappa shape index (κ1) is 15.3. The third-order valence-corrected chi connectivity index (χ3v) is 3.83. The monoisotopic (exact) mass is 281 g/mol. The van der Waals surface area contributed by atoms with E-state index in [1.54, 1.807) is 0 Å². The Morgan fingerprint density at radius 2 is 1.71 bits per heavy atom. The summed E-state index contributed by atoms with van der Waals surface area (Å²) in [6, 6.07) is 16.1. The highest BCUT2D eigenvalue weighted by atomic mass is 16.2. The normalized spacial score (nSPS) is 10.4. The van der Waals surface area contributed by atoms with E-state index in [2.05, 4.69) is 19.1 Å². The second-order valence-corrected chi connectivity index (χ2v) is 5.46. The van der Waals surface area contributed by atoms with Gasteiger partial charge in [-0.05, 0) is 43.0 Å². The fraction of sp³-hybridized carbons (Fsp3) is 0.316. The van der Waals surface area contributed by atoms with Gasteiger partial charge in [-0.3, -0.25) is 4.79 Å². The maximum atomic E-state index is 12.8. The topological polar surface area (TPSA) is 20.3 Å².